The average Bonchev–Trinajstić information content (AvgIpc) is 2.80. The lowest BCUT2D eigenvalue weighted by Gasteiger charge is -2.06. The molecule has 2 rings (SSSR count). The highest BCUT2D eigenvalue weighted by atomic mass is 32.1. The van der Waals surface area contributed by atoms with Gasteiger partial charge in [0.25, 0.3) is 0 Å². The van der Waals surface area contributed by atoms with Gasteiger partial charge in [0.05, 0.1) is 10.7 Å². The topological polar surface area (TPSA) is 42.2 Å². The van der Waals surface area contributed by atoms with E-state index in [1.807, 2.05) is 18.2 Å². The molecule has 0 saturated heterocycles. The zero-order chi connectivity index (χ0) is 13.0. The number of thiazole rings is 1. The van der Waals surface area contributed by atoms with E-state index >= 15 is 0 Å². The molecule has 4 heteroatoms. The molecule has 0 saturated carbocycles. The van der Waals surface area contributed by atoms with Gasteiger partial charge in [-0.3, -0.25) is 0 Å². The van der Waals surface area contributed by atoms with Crippen LogP contribution in [-0.2, 0) is 13.0 Å². The summed E-state index contributed by atoms with van der Waals surface area (Å²) < 4.78 is 0. The van der Waals surface area contributed by atoms with Gasteiger partial charge in [-0.25, -0.2) is 4.98 Å². The number of nitrogens with zero attached hydrogens (tertiary/aromatic N) is 2. The van der Waals surface area contributed by atoms with E-state index in [9.17, 15) is 0 Å². The zero-order valence-corrected chi connectivity index (χ0v) is 11.7. The first-order valence-electron chi connectivity index (χ1n) is 6.09. The molecule has 0 amide bonds. The van der Waals surface area contributed by atoms with E-state index in [4.69, 9.17) is 10.7 Å². The van der Waals surface area contributed by atoms with Gasteiger partial charge in [0.15, 0.2) is 0 Å². The van der Waals surface area contributed by atoms with Crippen molar-refractivity contribution in [2.45, 2.75) is 13.0 Å². The molecule has 0 bridgehead atoms. The molecule has 0 atom stereocenters. The maximum atomic E-state index is 5.82. The summed E-state index contributed by atoms with van der Waals surface area (Å²) in [5, 5.41) is 1.17. The molecule has 1 aromatic carbocycles. The number of aromatic nitrogens is 1. The molecule has 1 heterocycles. The number of hydrogen-bond donors (Lipinski definition) is 1. The van der Waals surface area contributed by atoms with Crippen LogP contribution in [0.2, 0.25) is 0 Å². The first-order chi connectivity index (χ1) is 8.70. The molecule has 18 heavy (non-hydrogen) atoms. The lowest BCUT2D eigenvalue weighted by molar-refractivity contribution is 0.413. The fourth-order valence-electron chi connectivity index (χ4n) is 1.79. The van der Waals surface area contributed by atoms with E-state index < -0.39 is 0 Å². The van der Waals surface area contributed by atoms with Crippen LogP contribution in [0.25, 0.3) is 11.3 Å². The van der Waals surface area contributed by atoms with Crippen LogP contribution >= 0.6 is 11.3 Å². The first kappa shape index (κ1) is 13.2. The quantitative estimate of drug-likeness (QED) is 0.898. The highest BCUT2D eigenvalue weighted by molar-refractivity contribution is 7.12. The summed E-state index contributed by atoms with van der Waals surface area (Å²) in [5.74, 6) is 0. The molecule has 96 valence electrons. The summed E-state index contributed by atoms with van der Waals surface area (Å²) in [5.41, 5.74) is 8.03. The Balaban J connectivity index is 2.25. The van der Waals surface area contributed by atoms with Gasteiger partial charge in [-0.1, -0.05) is 30.3 Å². The third-order valence-corrected chi connectivity index (χ3v) is 3.88. The van der Waals surface area contributed by atoms with Gasteiger partial charge in [-0.2, -0.15) is 0 Å². The molecule has 2 N–H and O–H groups in total. The fraction of sp³-hybridized carbons (Fsp3) is 0.357. The fourth-order valence-corrected chi connectivity index (χ4v) is 2.74. The van der Waals surface area contributed by atoms with Crippen LogP contribution in [-0.4, -0.2) is 30.5 Å². The smallest absolute Gasteiger partial charge is 0.0948 e. The molecule has 0 aliphatic carbocycles. The first-order valence-corrected chi connectivity index (χ1v) is 6.91. The number of hydrogen-bond acceptors (Lipinski definition) is 4. The van der Waals surface area contributed by atoms with Crippen molar-refractivity contribution in [2.24, 2.45) is 5.73 Å². The summed E-state index contributed by atoms with van der Waals surface area (Å²) in [6, 6.07) is 10.3. The van der Waals surface area contributed by atoms with Gasteiger partial charge >= 0.3 is 0 Å². The largest absolute Gasteiger partial charge is 0.326 e. The van der Waals surface area contributed by atoms with Crippen LogP contribution in [0.4, 0.5) is 0 Å². The molecule has 0 unspecified atom stereocenters. The molecular formula is C14H19N3S. The Morgan fingerprint density at radius 1 is 1.22 bits per heavy atom. The van der Waals surface area contributed by atoms with E-state index in [-0.39, 0.29) is 0 Å². The van der Waals surface area contributed by atoms with Crippen LogP contribution in [0.1, 0.15) is 9.88 Å². The predicted octanol–water partition coefficient (Wildman–Crippen LogP) is 2.37. The van der Waals surface area contributed by atoms with Crippen molar-refractivity contribution >= 4 is 11.3 Å². The normalized spacial score (nSPS) is 11.1. The summed E-state index contributed by atoms with van der Waals surface area (Å²) in [7, 11) is 4.16. The SMILES string of the molecule is CN(C)CCc1nc(-c2ccccc2)c(CN)s1. The van der Waals surface area contributed by atoms with Crippen molar-refractivity contribution < 1.29 is 0 Å². The third-order valence-electron chi connectivity index (χ3n) is 2.75. The summed E-state index contributed by atoms with van der Waals surface area (Å²) in [4.78, 5) is 8.08. The monoisotopic (exact) mass is 261 g/mol. The highest BCUT2D eigenvalue weighted by Gasteiger charge is 2.11. The van der Waals surface area contributed by atoms with Gasteiger partial charge in [0.1, 0.15) is 0 Å². The molecule has 0 radical (unpaired) electrons. The minimum atomic E-state index is 0.559. The summed E-state index contributed by atoms with van der Waals surface area (Å²) >= 11 is 1.73. The van der Waals surface area contributed by atoms with Gasteiger partial charge in [-0.05, 0) is 14.1 Å². The van der Waals surface area contributed by atoms with Crippen LogP contribution in [0.15, 0.2) is 30.3 Å². The second-order valence-electron chi connectivity index (χ2n) is 4.50. The van der Waals surface area contributed by atoms with E-state index in [0.29, 0.717) is 6.54 Å². The Hall–Kier alpha value is -1.23. The number of likely N-dealkylation sites (N-methyl/N-ethyl adjacent to an activating group) is 1. The predicted molar refractivity (Wildman–Crippen MR) is 77.7 cm³/mol. The van der Waals surface area contributed by atoms with Crippen molar-refractivity contribution in [3.63, 3.8) is 0 Å². The van der Waals surface area contributed by atoms with Crippen molar-refractivity contribution in [1.82, 2.24) is 9.88 Å². The minimum Gasteiger partial charge on any atom is -0.326 e. The number of benzene rings is 1. The Morgan fingerprint density at radius 3 is 2.56 bits per heavy atom. The number of nitrogens with two attached hydrogens (primary N) is 1. The maximum Gasteiger partial charge on any atom is 0.0948 e. The molecule has 0 aliphatic heterocycles. The lowest BCUT2D eigenvalue weighted by atomic mass is 10.1. The van der Waals surface area contributed by atoms with E-state index in [0.717, 1.165) is 24.2 Å². The molecular weight excluding hydrogens is 242 g/mol. The van der Waals surface area contributed by atoms with Crippen LogP contribution < -0.4 is 5.73 Å². The minimum absolute atomic E-state index is 0.559. The average molecular weight is 261 g/mol. The van der Waals surface area contributed by atoms with Gasteiger partial charge in [-0.15, -0.1) is 11.3 Å². The van der Waals surface area contributed by atoms with Crippen LogP contribution in [0.3, 0.4) is 0 Å². The molecule has 0 aliphatic rings. The van der Waals surface area contributed by atoms with Crippen molar-refractivity contribution in [1.29, 1.82) is 0 Å². The Morgan fingerprint density at radius 2 is 1.94 bits per heavy atom. The Bertz CT molecular complexity index is 491. The van der Waals surface area contributed by atoms with E-state index in [1.54, 1.807) is 11.3 Å². The zero-order valence-electron chi connectivity index (χ0n) is 10.9. The summed E-state index contributed by atoms with van der Waals surface area (Å²) in [6.07, 6.45) is 0.984. The van der Waals surface area contributed by atoms with Gasteiger partial charge < -0.3 is 10.6 Å². The Labute approximate surface area is 112 Å². The maximum absolute atomic E-state index is 5.82. The van der Waals surface area contributed by atoms with E-state index in [1.165, 1.54) is 9.88 Å². The van der Waals surface area contributed by atoms with Crippen molar-refractivity contribution in [3.8, 4) is 11.3 Å². The summed E-state index contributed by atoms with van der Waals surface area (Å²) in [6.45, 7) is 1.58. The molecule has 1 aromatic heterocycles. The molecule has 2 aromatic rings. The molecule has 0 spiro atoms. The van der Waals surface area contributed by atoms with Gasteiger partial charge in [0, 0.05) is 30.0 Å². The standard InChI is InChI=1S/C14H19N3S/c1-17(2)9-8-13-16-14(12(10-15)18-13)11-6-4-3-5-7-11/h3-7H,8-10,15H2,1-2H3. The lowest BCUT2D eigenvalue weighted by Crippen LogP contribution is -2.14. The van der Waals surface area contributed by atoms with Crippen LogP contribution in [0, 0.1) is 0 Å². The third kappa shape index (κ3) is 3.16. The van der Waals surface area contributed by atoms with Gasteiger partial charge in [0.2, 0.25) is 0 Å². The second kappa shape index (κ2) is 6.09. The van der Waals surface area contributed by atoms with Crippen molar-refractivity contribution in [3.05, 3.63) is 40.2 Å². The van der Waals surface area contributed by atoms with Crippen LogP contribution in [0.5, 0.6) is 0 Å². The second-order valence-corrected chi connectivity index (χ2v) is 5.67. The molecule has 3 nitrogen and oxygen atoms in total. The number of rotatable bonds is 5. The highest BCUT2D eigenvalue weighted by Crippen LogP contribution is 2.28. The van der Waals surface area contributed by atoms with E-state index in [2.05, 4.69) is 31.1 Å². The molecule has 0 fully saturated rings. The van der Waals surface area contributed by atoms with Crippen molar-refractivity contribution in [2.75, 3.05) is 20.6 Å². The Kier molecular flexibility index (Phi) is 4.47.